The SMILES string of the molecule is NCc1cc(Cl)cc(-c2cccc(COc3ccccc3CC(=O)O)c2)c1. The van der Waals surface area contributed by atoms with Crippen molar-refractivity contribution >= 4 is 17.6 Å². The van der Waals surface area contributed by atoms with E-state index in [1.54, 1.807) is 18.2 Å². The Morgan fingerprint density at radius 2 is 1.74 bits per heavy atom. The number of nitrogens with two attached hydrogens (primary N) is 1. The van der Waals surface area contributed by atoms with Gasteiger partial charge in [0.2, 0.25) is 0 Å². The summed E-state index contributed by atoms with van der Waals surface area (Å²) in [5.74, 6) is -0.303. The highest BCUT2D eigenvalue weighted by Gasteiger charge is 2.08. The number of para-hydroxylation sites is 1. The van der Waals surface area contributed by atoms with Gasteiger partial charge in [-0.3, -0.25) is 4.79 Å². The van der Waals surface area contributed by atoms with Gasteiger partial charge in [-0.1, -0.05) is 48.0 Å². The lowest BCUT2D eigenvalue weighted by Gasteiger charge is -2.12. The number of hydrogen-bond acceptors (Lipinski definition) is 3. The zero-order valence-corrected chi connectivity index (χ0v) is 15.4. The van der Waals surface area contributed by atoms with Crippen LogP contribution in [0.2, 0.25) is 5.02 Å². The molecule has 3 rings (SSSR count). The van der Waals surface area contributed by atoms with E-state index in [9.17, 15) is 4.79 Å². The summed E-state index contributed by atoms with van der Waals surface area (Å²) >= 11 is 6.19. The minimum atomic E-state index is -0.885. The van der Waals surface area contributed by atoms with Crippen LogP contribution in [0.25, 0.3) is 11.1 Å². The van der Waals surface area contributed by atoms with Crippen LogP contribution in [0.3, 0.4) is 0 Å². The summed E-state index contributed by atoms with van der Waals surface area (Å²) in [6, 6.07) is 20.9. The van der Waals surface area contributed by atoms with Crippen molar-refractivity contribution in [3.05, 3.63) is 88.4 Å². The van der Waals surface area contributed by atoms with Crippen LogP contribution in [0.1, 0.15) is 16.7 Å². The Morgan fingerprint density at radius 1 is 0.963 bits per heavy atom. The molecule has 0 amide bonds. The van der Waals surface area contributed by atoms with Crippen LogP contribution in [-0.2, 0) is 24.4 Å². The predicted molar refractivity (Wildman–Crippen MR) is 107 cm³/mol. The molecule has 27 heavy (non-hydrogen) atoms. The van der Waals surface area contributed by atoms with E-state index in [2.05, 4.69) is 0 Å². The van der Waals surface area contributed by atoms with Gasteiger partial charge in [-0.25, -0.2) is 0 Å². The van der Waals surface area contributed by atoms with Gasteiger partial charge in [-0.15, -0.1) is 0 Å². The van der Waals surface area contributed by atoms with E-state index in [0.717, 1.165) is 22.3 Å². The number of ether oxygens (including phenoxy) is 1. The normalized spacial score (nSPS) is 10.6. The zero-order chi connectivity index (χ0) is 19.2. The first-order valence-corrected chi connectivity index (χ1v) is 8.94. The largest absolute Gasteiger partial charge is 0.489 e. The summed E-state index contributed by atoms with van der Waals surface area (Å²) < 4.78 is 5.87. The standard InChI is InChI=1S/C22H20ClNO3/c23-20-10-16(13-24)9-19(11-20)17-6-3-4-15(8-17)14-27-21-7-2-1-5-18(21)12-22(25)26/h1-11H,12-14,24H2,(H,25,26). The summed E-state index contributed by atoms with van der Waals surface area (Å²) in [6.45, 7) is 0.769. The fraction of sp³-hybridized carbons (Fsp3) is 0.136. The Hall–Kier alpha value is -2.82. The lowest BCUT2D eigenvalue weighted by Crippen LogP contribution is -2.04. The fourth-order valence-corrected chi connectivity index (χ4v) is 3.15. The molecule has 0 atom stereocenters. The maximum atomic E-state index is 11.0. The smallest absolute Gasteiger partial charge is 0.307 e. The molecule has 0 saturated heterocycles. The van der Waals surface area contributed by atoms with Gasteiger partial charge in [0, 0.05) is 17.1 Å². The Kier molecular flexibility index (Phi) is 6.12. The van der Waals surface area contributed by atoms with Crippen molar-refractivity contribution in [3.8, 4) is 16.9 Å². The van der Waals surface area contributed by atoms with E-state index in [4.69, 9.17) is 27.2 Å². The van der Waals surface area contributed by atoms with Crippen LogP contribution < -0.4 is 10.5 Å². The molecule has 5 heteroatoms. The molecule has 3 aromatic carbocycles. The Labute approximate surface area is 163 Å². The van der Waals surface area contributed by atoms with E-state index in [1.165, 1.54) is 0 Å². The average Bonchev–Trinajstić information content (AvgIpc) is 2.66. The van der Waals surface area contributed by atoms with Crippen molar-refractivity contribution in [2.45, 2.75) is 19.6 Å². The molecule has 0 saturated carbocycles. The molecule has 0 unspecified atom stereocenters. The molecule has 4 nitrogen and oxygen atoms in total. The van der Waals surface area contributed by atoms with Gasteiger partial charge in [-0.05, 0) is 52.6 Å². The second-order valence-electron chi connectivity index (χ2n) is 6.22. The van der Waals surface area contributed by atoms with Gasteiger partial charge in [0.15, 0.2) is 0 Å². The molecular formula is C22H20ClNO3. The second kappa shape index (κ2) is 8.71. The Morgan fingerprint density at radius 3 is 2.52 bits per heavy atom. The van der Waals surface area contributed by atoms with Crippen molar-refractivity contribution in [2.24, 2.45) is 5.73 Å². The number of carbonyl (C=O) groups is 1. The second-order valence-corrected chi connectivity index (χ2v) is 6.66. The number of benzene rings is 3. The maximum absolute atomic E-state index is 11.0. The quantitative estimate of drug-likeness (QED) is 0.623. The molecular weight excluding hydrogens is 362 g/mol. The van der Waals surface area contributed by atoms with E-state index >= 15 is 0 Å². The number of carboxylic acid groups (broad SMARTS) is 1. The third kappa shape index (κ3) is 5.09. The van der Waals surface area contributed by atoms with E-state index in [0.29, 0.717) is 29.5 Å². The topological polar surface area (TPSA) is 72.5 Å². The lowest BCUT2D eigenvalue weighted by molar-refractivity contribution is -0.136. The summed E-state index contributed by atoms with van der Waals surface area (Å²) in [7, 11) is 0. The summed E-state index contributed by atoms with van der Waals surface area (Å²) in [4.78, 5) is 11.0. The van der Waals surface area contributed by atoms with Gasteiger partial charge < -0.3 is 15.6 Å². The maximum Gasteiger partial charge on any atom is 0.307 e. The first-order chi connectivity index (χ1) is 13.0. The number of aliphatic carboxylic acids is 1. The molecule has 0 fully saturated rings. The van der Waals surface area contributed by atoms with Crippen molar-refractivity contribution in [3.63, 3.8) is 0 Å². The minimum Gasteiger partial charge on any atom is -0.489 e. The molecule has 0 bridgehead atoms. The van der Waals surface area contributed by atoms with Crippen molar-refractivity contribution in [1.29, 1.82) is 0 Å². The molecule has 138 valence electrons. The third-order valence-corrected chi connectivity index (χ3v) is 4.38. The van der Waals surface area contributed by atoms with Gasteiger partial charge >= 0.3 is 5.97 Å². The van der Waals surface area contributed by atoms with Crippen molar-refractivity contribution < 1.29 is 14.6 Å². The van der Waals surface area contributed by atoms with Gasteiger partial charge in [0.25, 0.3) is 0 Å². The van der Waals surface area contributed by atoms with Crippen molar-refractivity contribution in [2.75, 3.05) is 0 Å². The molecule has 3 aromatic rings. The van der Waals surface area contributed by atoms with Crippen LogP contribution in [0, 0.1) is 0 Å². The predicted octanol–water partition coefficient (Wildman–Crippen LogP) is 4.67. The van der Waals surface area contributed by atoms with Gasteiger partial charge in [0.05, 0.1) is 6.42 Å². The highest BCUT2D eigenvalue weighted by Crippen LogP contribution is 2.26. The van der Waals surface area contributed by atoms with Gasteiger partial charge in [-0.2, -0.15) is 0 Å². The number of rotatable bonds is 7. The summed E-state index contributed by atoms with van der Waals surface area (Å²) in [6.07, 6.45) is -0.0689. The van der Waals surface area contributed by atoms with Crippen LogP contribution in [0.5, 0.6) is 5.75 Å². The first-order valence-electron chi connectivity index (χ1n) is 8.56. The highest BCUT2D eigenvalue weighted by molar-refractivity contribution is 6.31. The third-order valence-electron chi connectivity index (χ3n) is 4.16. The molecule has 0 aliphatic carbocycles. The van der Waals surface area contributed by atoms with Crippen LogP contribution in [0.4, 0.5) is 0 Å². The zero-order valence-electron chi connectivity index (χ0n) is 14.7. The molecule has 0 radical (unpaired) electrons. The lowest BCUT2D eigenvalue weighted by atomic mass is 10.0. The first kappa shape index (κ1) is 19.0. The van der Waals surface area contributed by atoms with E-state index in [1.807, 2.05) is 48.5 Å². The minimum absolute atomic E-state index is 0.0689. The molecule has 0 aromatic heterocycles. The number of hydrogen-bond donors (Lipinski definition) is 2. The number of halogens is 1. The summed E-state index contributed by atoms with van der Waals surface area (Å²) in [5, 5.41) is 9.68. The highest BCUT2D eigenvalue weighted by atomic mass is 35.5. The fourth-order valence-electron chi connectivity index (χ4n) is 2.89. The molecule has 0 heterocycles. The molecule has 0 spiro atoms. The molecule has 0 aliphatic heterocycles. The van der Waals surface area contributed by atoms with E-state index < -0.39 is 5.97 Å². The van der Waals surface area contributed by atoms with E-state index in [-0.39, 0.29) is 6.42 Å². The summed E-state index contributed by atoms with van der Waals surface area (Å²) in [5.41, 5.74) is 10.4. The van der Waals surface area contributed by atoms with Crippen LogP contribution in [-0.4, -0.2) is 11.1 Å². The molecule has 0 aliphatic rings. The Bertz CT molecular complexity index is 956. The van der Waals surface area contributed by atoms with Crippen LogP contribution in [0.15, 0.2) is 66.7 Å². The monoisotopic (exact) mass is 381 g/mol. The Balaban J connectivity index is 1.79. The average molecular weight is 382 g/mol. The van der Waals surface area contributed by atoms with Crippen molar-refractivity contribution in [1.82, 2.24) is 0 Å². The van der Waals surface area contributed by atoms with Crippen LogP contribution >= 0.6 is 11.6 Å². The molecule has 3 N–H and O–H groups in total. The van der Waals surface area contributed by atoms with Gasteiger partial charge in [0.1, 0.15) is 12.4 Å². The number of carboxylic acids is 1.